The Balaban J connectivity index is 1.28. The standard InChI is InChI=1S/C48H42N4O8S2/c1-45-29-9-5-13-33(25-29)57-61(53,54)58-34-14-6-10-30(26-34)46(2,38-18-17-37(45)49-38)43-23-24-44(52-43)48(4)32-12-8-16-36(28-32)60-62(55,56)59-35-15-7-11-31(27-35)47(3,39-19-20-40(48)50-39)42-22-21-41(45)51-42/h5-7,9-15,17-28,49-52H,8,16H2,1-4H3/t45-,46+,47+,48-/m0/s1. The summed E-state index contributed by atoms with van der Waals surface area (Å²) in [6.45, 7) is 8.35. The van der Waals surface area contributed by atoms with Gasteiger partial charge in [-0.1, -0.05) is 42.5 Å². The molecule has 7 aromatic rings. The van der Waals surface area contributed by atoms with E-state index in [2.05, 4.69) is 84.0 Å². The number of hydrogen-bond donors (Lipinski definition) is 4. The molecule has 1 aliphatic carbocycles. The minimum atomic E-state index is -4.58. The molecule has 62 heavy (non-hydrogen) atoms. The number of aromatic nitrogens is 4. The lowest BCUT2D eigenvalue weighted by Crippen LogP contribution is -2.32. The summed E-state index contributed by atoms with van der Waals surface area (Å²) in [5.41, 5.74) is 5.78. The van der Waals surface area contributed by atoms with Gasteiger partial charge in [-0.25, -0.2) is 0 Å². The van der Waals surface area contributed by atoms with Crippen LogP contribution in [0.1, 0.15) is 103 Å². The Morgan fingerprint density at radius 2 is 0.758 bits per heavy atom. The maximum Gasteiger partial charge on any atom is 0.500 e. The largest absolute Gasteiger partial charge is 0.500 e. The number of benzene rings is 3. The molecule has 0 unspecified atom stereocenters. The summed E-state index contributed by atoms with van der Waals surface area (Å²) in [6.07, 6.45) is 4.79. The van der Waals surface area contributed by atoms with Gasteiger partial charge in [-0.3, -0.25) is 0 Å². The first-order valence-corrected chi connectivity index (χ1v) is 23.1. The van der Waals surface area contributed by atoms with E-state index in [1.165, 1.54) is 0 Å². The number of rotatable bonds is 0. The van der Waals surface area contributed by atoms with E-state index in [-0.39, 0.29) is 23.0 Å². The zero-order chi connectivity index (χ0) is 42.9. The first kappa shape index (κ1) is 38.3. The van der Waals surface area contributed by atoms with E-state index in [4.69, 9.17) is 16.7 Å². The monoisotopic (exact) mass is 866 g/mol. The Hall–Kier alpha value is -6.64. The average molecular weight is 867 g/mol. The number of fused-ring (bicyclic) bond motifs is 19. The van der Waals surface area contributed by atoms with Gasteiger partial charge in [-0.2, -0.15) is 0 Å². The molecule has 11 rings (SSSR count). The van der Waals surface area contributed by atoms with Gasteiger partial charge < -0.3 is 36.7 Å². The summed E-state index contributed by atoms with van der Waals surface area (Å²) in [5.74, 6) is 0.522. The van der Waals surface area contributed by atoms with Crippen LogP contribution in [-0.4, -0.2) is 36.8 Å². The van der Waals surface area contributed by atoms with Gasteiger partial charge in [-0.05, 0) is 147 Å². The van der Waals surface area contributed by atoms with Gasteiger partial charge in [0.25, 0.3) is 0 Å². The van der Waals surface area contributed by atoms with Crippen LogP contribution in [0.4, 0.5) is 0 Å². The van der Waals surface area contributed by atoms with Crippen molar-refractivity contribution in [3.63, 3.8) is 0 Å². The van der Waals surface area contributed by atoms with E-state index in [9.17, 15) is 16.8 Å². The predicted octanol–water partition coefficient (Wildman–Crippen LogP) is 8.96. The van der Waals surface area contributed by atoms with Crippen LogP contribution >= 0.6 is 0 Å². The lowest BCUT2D eigenvalue weighted by molar-refractivity contribution is 0.326. The van der Waals surface area contributed by atoms with E-state index < -0.39 is 42.5 Å². The predicted molar refractivity (Wildman–Crippen MR) is 232 cm³/mol. The second-order valence-corrected chi connectivity index (χ2v) is 19.5. The molecule has 14 heteroatoms. The number of aromatic amines is 4. The second kappa shape index (κ2) is 12.9. The minimum Gasteiger partial charge on any atom is -0.360 e. The number of nitrogens with one attached hydrogen (secondary N) is 4. The van der Waals surface area contributed by atoms with Crippen LogP contribution in [0.5, 0.6) is 17.2 Å². The van der Waals surface area contributed by atoms with Gasteiger partial charge in [0.15, 0.2) is 0 Å². The third-order valence-corrected chi connectivity index (χ3v) is 15.3. The lowest BCUT2D eigenvalue weighted by atomic mass is 9.74. The molecule has 3 aliphatic heterocycles. The third-order valence-electron chi connectivity index (χ3n) is 13.7. The Morgan fingerprint density at radius 1 is 0.435 bits per heavy atom. The Kier molecular flexibility index (Phi) is 7.99. The molecule has 0 saturated carbocycles. The molecule has 12 nitrogen and oxygen atoms in total. The molecule has 4 aromatic heterocycles. The van der Waals surface area contributed by atoms with Gasteiger partial charge in [0.1, 0.15) is 23.0 Å². The molecule has 314 valence electrons. The molecule has 0 spiro atoms. The second-order valence-electron chi connectivity index (χ2n) is 17.2. The molecular formula is C48H42N4O8S2. The maximum atomic E-state index is 13.6. The summed E-state index contributed by atoms with van der Waals surface area (Å²) in [6, 6.07) is 37.5. The van der Waals surface area contributed by atoms with E-state index in [1.807, 2.05) is 36.4 Å². The van der Waals surface area contributed by atoms with Crippen LogP contribution in [0.2, 0.25) is 0 Å². The van der Waals surface area contributed by atoms with Crippen LogP contribution in [0, 0.1) is 0 Å². The van der Waals surface area contributed by atoms with Crippen LogP contribution < -0.4 is 12.5 Å². The third kappa shape index (κ3) is 5.62. The molecule has 4 aliphatic rings. The van der Waals surface area contributed by atoms with Crippen molar-refractivity contribution in [3.8, 4) is 17.2 Å². The number of allylic oxidation sites excluding steroid dienone is 4. The van der Waals surface area contributed by atoms with E-state index in [1.54, 1.807) is 60.7 Å². The highest BCUT2D eigenvalue weighted by Gasteiger charge is 2.45. The smallest absolute Gasteiger partial charge is 0.360 e. The zero-order valence-electron chi connectivity index (χ0n) is 34.2. The van der Waals surface area contributed by atoms with Crippen molar-refractivity contribution in [2.75, 3.05) is 0 Å². The van der Waals surface area contributed by atoms with E-state index in [0.29, 0.717) is 12.8 Å². The fourth-order valence-corrected chi connectivity index (χ4v) is 11.4. The Bertz CT molecular complexity index is 3280. The summed E-state index contributed by atoms with van der Waals surface area (Å²) in [5, 5.41) is 0. The van der Waals surface area contributed by atoms with Crippen molar-refractivity contribution >= 4 is 20.8 Å². The Morgan fingerprint density at radius 3 is 1.11 bits per heavy atom. The van der Waals surface area contributed by atoms with Crippen molar-refractivity contribution in [2.24, 2.45) is 0 Å². The highest BCUT2D eigenvalue weighted by molar-refractivity contribution is 7.82. The summed E-state index contributed by atoms with van der Waals surface area (Å²) < 4.78 is 77.2. The van der Waals surface area contributed by atoms with Crippen LogP contribution in [0.15, 0.2) is 145 Å². The molecule has 0 amide bonds. The maximum absolute atomic E-state index is 13.6. The summed E-state index contributed by atoms with van der Waals surface area (Å²) in [4.78, 5) is 15.4. The zero-order valence-corrected chi connectivity index (χ0v) is 35.8. The molecule has 0 fully saturated rings. The Labute approximate surface area is 359 Å². The van der Waals surface area contributed by atoms with E-state index in [0.717, 1.165) is 67.8 Å². The highest BCUT2D eigenvalue weighted by Crippen LogP contribution is 2.49. The fraction of sp³-hybridized carbons (Fsp3) is 0.208. The molecule has 4 N–H and O–H groups in total. The quantitative estimate of drug-likeness (QED) is 0.117. The first-order chi connectivity index (χ1) is 29.6. The van der Waals surface area contributed by atoms with Gasteiger partial charge in [0, 0.05) is 52.0 Å². The lowest BCUT2D eigenvalue weighted by Gasteiger charge is -2.35. The van der Waals surface area contributed by atoms with Crippen molar-refractivity contribution in [3.05, 3.63) is 207 Å². The van der Waals surface area contributed by atoms with Gasteiger partial charge in [-0.15, -0.1) is 16.8 Å². The van der Waals surface area contributed by atoms with E-state index >= 15 is 0 Å². The molecule has 20 bridgehead atoms. The minimum absolute atomic E-state index is 0.0807. The van der Waals surface area contributed by atoms with Gasteiger partial charge >= 0.3 is 20.8 Å². The number of H-pyrrole nitrogens is 4. The first-order valence-electron chi connectivity index (χ1n) is 20.4. The van der Waals surface area contributed by atoms with Gasteiger partial charge in [0.2, 0.25) is 0 Å². The number of hydrogen-bond acceptors (Lipinski definition) is 8. The molecule has 0 saturated heterocycles. The molecule has 7 heterocycles. The topological polar surface area (TPSA) is 168 Å². The van der Waals surface area contributed by atoms with Crippen molar-refractivity contribution in [1.82, 2.24) is 19.9 Å². The van der Waals surface area contributed by atoms with Crippen molar-refractivity contribution in [1.29, 1.82) is 0 Å². The van der Waals surface area contributed by atoms with Gasteiger partial charge in [0.05, 0.1) is 21.7 Å². The summed E-state index contributed by atoms with van der Waals surface area (Å²) in [7, 11) is -9.11. The normalized spacial score (nSPS) is 26.5. The fourth-order valence-electron chi connectivity index (χ4n) is 9.92. The molecular weight excluding hydrogens is 825 g/mol. The van der Waals surface area contributed by atoms with Crippen molar-refractivity contribution in [2.45, 2.75) is 62.2 Å². The average Bonchev–Trinajstić information content (AvgIpc) is 4.09. The molecule has 4 atom stereocenters. The molecule has 0 radical (unpaired) electrons. The van der Waals surface area contributed by atoms with Crippen LogP contribution in [0.25, 0.3) is 0 Å². The molecule has 3 aromatic carbocycles. The van der Waals surface area contributed by atoms with Crippen LogP contribution in [0.3, 0.4) is 0 Å². The SMILES string of the molecule is C[C@]12C3=CCCC(=C3)OS(=O)(=O)Oc3cccc(c3)[C@](C)(c3ccc1[nH]3)c1ccc([nH]1)[C@@]1(C)c3cccc(c3)OS(=O)(=O)Oc3cccc(c3)[C@@](C)(c3ccc2[nH]3)c2ccc1[nH]2. The van der Waals surface area contributed by atoms with Crippen LogP contribution in [-0.2, 0) is 46.6 Å². The summed E-state index contributed by atoms with van der Waals surface area (Å²) >= 11 is 0. The highest BCUT2D eigenvalue weighted by atomic mass is 32.3. The van der Waals surface area contributed by atoms with Crippen molar-refractivity contribution < 1.29 is 33.6 Å².